The molecule has 21 heavy (non-hydrogen) atoms. The molecule has 1 saturated carbocycles. The van der Waals surface area contributed by atoms with E-state index in [0.29, 0.717) is 12.6 Å². The number of benzene rings is 1. The first kappa shape index (κ1) is 14.5. The molecule has 1 aromatic carbocycles. The Labute approximate surface area is 133 Å². The predicted octanol–water partition coefficient (Wildman–Crippen LogP) is 3.98. The van der Waals surface area contributed by atoms with Crippen LogP contribution in [0.2, 0.25) is 0 Å². The fraction of sp³-hybridized carbons (Fsp3) is 0.353. The number of rotatable bonds is 6. The first-order valence-corrected chi connectivity index (χ1v) is 8.07. The van der Waals surface area contributed by atoms with Crippen molar-refractivity contribution in [3.8, 4) is 5.75 Å². The van der Waals surface area contributed by atoms with Crippen LogP contribution in [0.3, 0.4) is 0 Å². The van der Waals surface area contributed by atoms with Gasteiger partial charge in [0.05, 0.1) is 5.69 Å². The van der Waals surface area contributed by atoms with Gasteiger partial charge in [-0.3, -0.25) is 4.98 Å². The second kappa shape index (κ2) is 6.58. The summed E-state index contributed by atoms with van der Waals surface area (Å²) < 4.78 is 7.13. The van der Waals surface area contributed by atoms with Gasteiger partial charge in [-0.05, 0) is 49.6 Å². The Balaban J connectivity index is 1.74. The molecule has 0 spiro atoms. The molecule has 0 unspecified atom stereocenters. The third-order valence-electron chi connectivity index (χ3n) is 3.57. The van der Waals surface area contributed by atoms with Crippen LogP contribution >= 0.6 is 15.9 Å². The van der Waals surface area contributed by atoms with Crippen LogP contribution in [-0.2, 0) is 13.2 Å². The van der Waals surface area contributed by atoms with Gasteiger partial charge in [0.15, 0.2) is 0 Å². The summed E-state index contributed by atoms with van der Waals surface area (Å²) in [6, 6.07) is 10.8. The van der Waals surface area contributed by atoms with E-state index in [2.05, 4.69) is 45.3 Å². The van der Waals surface area contributed by atoms with Gasteiger partial charge in [0.25, 0.3) is 0 Å². The van der Waals surface area contributed by atoms with E-state index in [0.717, 1.165) is 28.0 Å². The number of aryl methyl sites for hydroxylation is 1. The van der Waals surface area contributed by atoms with E-state index in [4.69, 9.17) is 4.74 Å². The minimum absolute atomic E-state index is 0.500. The summed E-state index contributed by atoms with van der Waals surface area (Å²) in [6.45, 7) is 3.43. The van der Waals surface area contributed by atoms with Crippen molar-refractivity contribution >= 4 is 15.9 Å². The Bertz CT molecular complexity index is 612. The lowest BCUT2D eigenvalue weighted by molar-refractivity contribution is 0.295. The van der Waals surface area contributed by atoms with Gasteiger partial charge < -0.3 is 10.1 Å². The maximum atomic E-state index is 6.04. The van der Waals surface area contributed by atoms with Crippen LogP contribution in [-0.4, -0.2) is 11.0 Å². The fourth-order valence-electron chi connectivity index (χ4n) is 2.31. The first-order valence-electron chi connectivity index (χ1n) is 7.27. The topological polar surface area (TPSA) is 34.1 Å². The van der Waals surface area contributed by atoms with Gasteiger partial charge in [-0.1, -0.05) is 22.0 Å². The molecule has 0 saturated heterocycles. The third kappa shape index (κ3) is 4.05. The molecular weight excluding hydrogens is 328 g/mol. The van der Waals surface area contributed by atoms with Crippen molar-refractivity contribution in [3.63, 3.8) is 0 Å². The second-order valence-electron chi connectivity index (χ2n) is 5.48. The van der Waals surface area contributed by atoms with Crippen molar-refractivity contribution < 1.29 is 4.74 Å². The van der Waals surface area contributed by atoms with E-state index in [-0.39, 0.29) is 0 Å². The summed E-state index contributed by atoms with van der Waals surface area (Å²) in [5, 5.41) is 3.55. The van der Waals surface area contributed by atoms with Crippen LogP contribution in [0.5, 0.6) is 5.75 Å². The van der Waals surface area contributed by atoms with Crippen LogP contribution in [0.4, 0.5) is 0 Å². The SMILES string of the molecule is Cc1cc(Br)cc(CNC2CC2)c1OCc1ccccn1. The molecule has 0 bridgehead atoms. The van der Waals surface area contributed by atoms with Crippen LogP contribution < -0.4 is 10.1 Å². The van der Waals surface area contributed by atoms with Crippen molar-refractivity contribution in [1.29, 1.82) is 0 Å². The van der Waals surface area contributed by atoms with E-state index >= 15 is 0 Å². The van der Waals surface area contributed by atoms with Gasteiger partial charge in [0.2, 0.25) is 0 Å². The number of nitrogens with one attached hydrogen (secondary N) is 1. The average molecular weight is 347 g/mol. The molecule has 3 rings (SSSR count). The van der Waals surface area contributed by atoms with E-state index < -0.39 is 0 Å². The molecule has 2 aromatic rings. The summed E-state index contributed by atoms with van der Waals surface area (Å²) in [5.41, 5.74) is 3.29. The van der Waals surface area contributed by atoms with Crippen molar-refractivity contribution in [3.05, 3.63) is 57.8 Å². The lowest BCUT2D eigenvalue weighted by Gasteiger charge is -2.15. The maximum absolute atomic E-state index is 6.04. The highest BCUT2D eigenvalue weighted by Crippen LogP contribution is 2.30. The minimum Gasteiger partial charge on any atom is -0.487 e. The fourth-order valence-corrected chi connectivity index (χ4v) is 2.93. The highest BCUT2D eigenvalue weighted by Gasteiger charge is 2.21. The number of halogens is 1. The van der Waals surface area contributed by atoms with Crippen molar-refractivity contribution in [2.75, 3.05) is 0 Å². The highest BCUT2D eigenvalue weighted by molar-refractivity contribution is 9.10. The van der Waals surface area contributed by atoms with Crippen LogP contribution in [0.25, 0.3) is 0 Å². The van der Waals surface area contributed by atoms with E-state index in [1.807, 2.05) is 18.2 Å². The summed E-state index contributed by atoms with van der Waals surface area (Å²) in [4.78, 5) is 4.31. The Hall–Kier alpha value is -1.39. The molecular formula is C17H19BrN2O. The second-order valence-corrected chi connectivity index (χ2v) is 6.39. The highest BCUT2D eigenvalue weighted by atomic mass is 79.9. The largest absolute Gasteiger partial charge is 0.487 e. The van der Waals surface area contributed by atoms with Gasteiger partial charge in [0.1, 0.15) is 12.4 Å². The lowest BCUT2D eigenvalue weighted by Crippen LogP contribution is -2.16. The summed E-state index contributed by atoms with van der Waals surface area (Å²) >= 11 is 3.57. The quantitative estimate of drug-likeness (QED) is 0.858. The third-order valence-corrected chi connectivity index (χ3v) is 4.02. The zero-order valence-electron chi connectivity index (χ0n) is 12.1. The summed E-state index contributed by atoms with van der Waals surface area (Å²) in [6.07, 6.45) is 4.37. The van der Waals surface area contributed by atoms with Crippen molar-refractivity contribution in [2.24, 2.45) is 0 Å². The molecule has 1 heterocycles. The zero-order valence-corrected chi connectivity index (χ0v) is 13.7. The molecule has 0 amide bonds. The molecule has 0 radical (unpaired) electrons. The molecule has 1 N–H and O–H groups in total. The predicted molar refractivity (Wildman–Crippen MR) is 87.3 cm³/mol. The number of nitrogens with zero attached hydrogens (tertiary/aromatic N) is 1. The molecule has 1 aliphatic rings. The normalized spacial score (nSPS) is 14.2. The Kier molecular flexibility index (Phi) is 4.56. The Morgan fingerprint density at radius 1 is 1.33 bits per heavy atom. The summed E-state index contributed by atoms with van der Waals surface area (Å²) in [5.74, 6) is 0.969. The van der Waals surface area contributed by atoms with Gasteiger partial charge in [-0.25, -0.2) is 0 Å². The molecule has 110 valence electrons. The van der Waals surface area contributed by atoms with E-state index in [1.54, 1.807) is 6.20 Å². The summed E-state index contributed by atoms with van der Waals surface area (Å²) in [7, 11) is 0. The molecule has 0 aliphatic heterocycles. The monoisotopic (exact) mass is 346 g/mol. The standard InChI is InChI=1S/C17H19BrN2O/c1-12-8-14(18)9-13(10-20-15-5-6-15)17(12)21-11-16-4-2-3-7-19-16/h2-4,7-9,15,20H,5-6,10-11H2,1H3. The van der Waals surface area contributed by atoms with Crippen LogP contribution in [0.15, 0.2) is 41.0 Å². The van der Waals surface area contributed by atoms with Crippen molar-refractivity contribution in [2.45, 2.75) is 39.0 Å². The first-order chi connectivity index (χ1) is 10.2. The van der Waals surface area contributed by atoms with Crippen molar-refractivity contribution in [1.82, 2.24) is 10.3 Å². The van der Waals surface area contributed by atoms with Gasteiger partial charge in [-0.15, -0.1) is 0 Å². The molecule has 1 fully saturated rings. The molecule has 1 aromatic heterocycles. The Morgan fingerprint density at radius 3 is 2.90 bits per heavy atom. The molecule has 3 nitrogen and oxygen atoms in total. The van der Waals surface area contributed by atoms with Crippen LogP contribution in [0.1, 0.15) is 29.7 Å². The Morgan fingerprint density at radius 2 is 2.19 bits per heavy atom. The number of aromatic nitrogens is 1. The number of hydrogen-bond donors (Lipinski definition) is 1. The van der Waals surface area contributed by atoms with Gasteiger partial charge in [-0.2, -0.15) is 0 Å². The number of pyridine rings is 1. The number of hydrogen-bond acceptors (Lipinski definition) is 3. The molecule has 0 atom stereocenters. The zero-order chi connectivity index (χ0) is 14.7. The number of ether oxygens (including phenoxy) is 1. The van der Waals surface area contributed by atoms with E-state index in [1.165, 1.54) is 18.4 Å². The maximum Gasteiger partial charge on any atom is 0.130 e. The van der Waals surface area contributed by atoms with E-state index in [9.17, 15) is 0 Å². The van der Waals surface area contributed by atoms with Gasteiger partial charge in [0, 0.05) is 28.8 Å². The van der Waals surface area contributed by atoms with Crippen LogP contribution in [0, 0.1) is 6.92 Å². The lowest BCUT2D eigenvalue weighted by atomic mass is 10.1. The average Bonchev–Trinajstić information content (AvgIpc) is 3.29. The smallest absolute Gasteiger partial charge is 0.130 e. The molecule has 1 aliphatic carbocycles. The molecule has 4 heteroatoms. The van der Waals surface area contributed by atoms with Gasteiger partial charge >= 0.3 is 0 Å². The minimum atomic E-state index is 0.500.